The SMILES string of the molecule is CCN(CCOC)C(=O)NCCC(C)C(=O)O. The fourth-order valence-corrected chi connectivity index (χ4v) is 1.24. The Hall–Kier alpha value is -1.30. The number of carboxylic acids is 1. The number of carbonyl (C=O) groups excluding carboxylic acids is 1. The van der Waals surface area contributed by atoms with Gasteiger partial charge in [0.2, 0.25) is 0 Å². The Morgan fingerprint density at radius 1 is 1.47 bits per heavy atom. The molecule has 0 heterocycles. The van der Waals surface area contributed by atoms with E-state index < -0.39 is 11.9 Å². The van der Waals surface area contributed by atoms with E-state index >= 15 is 0 Å². The van der Waals surface area contributed by atoms with E-state index in [1.54, 1.807) is 18.9 Å². The van der Waals surface area contributed by atoms with E-state index in [1.165, 1.54) is 0 Å². The van der Waals surface area contributed by atoms with Crippen LogP contribution in [0.15, 0.2) is 0 Å². The Kier molecular flexibility index (Phi) is 8.13. The van der Waals surface area contributed by atoms with Gasteiger partial charge in [-0.3, -0.25) is 4.79 Å². The second-order valence-corrected chi connectivity index (χ2v) is 3.83. The van der Waals surface area contributed by atoms with Gasteiger partial charge in [0, 0.05) is 26.7 Å². The molecule has 100 valence electrons. The van der Waals surface area contributed by atoms with Crippen molar-refractivity contribution in [2.45, 2.75) is 20.3 Å². The summed E-state index contributed by atoms with van der Waals surface area (Å²) in [5, 5.41) is 11.4. The molecule has 0 fully saturated rings. The molecule has 0 aliphatic rings. The predicted molar refractivity (Wildman–Crippen MR) is 63.9 cm³/mol. The highest BCUT2D eigenvalue weighted by atomic mass is 16.5. The van der Waals surface area contributed by atoms with Gasteiger partial charge in [0.05, 0.1) is 12.5 Å². The fourth-order valence-electron chi connectivity index (χ4n) is 1.24. The molecule has 1 atom stereocenters. The van der Waals surface area contributed by atoms with Crippen LogP contribution in [0.5, 0.6) is 0 Å². The Morgan fingerprint density at radius 2 is 2.12 bits per heavy atom. The van der Waals surface area contributed by atoms with Crippen LogP contribution < -0.4 is 5.32 Å². The number of nitrogens with one attached hydrogen (secondary N) is 1. The molecule has 6 nitrogen and oxygen atoms in total. The molecule has 0 bridgehead atoms. The molecule has 0 radical (unpaired) electrons. The first-order chi connectivity index (χ1) is 8.02. The number of nitrogens with zero attached hydrogens (tertiary/aromatic N) is 1. The molecule has 0 aromatic carbocycles. The smallest absolute Gasteiger partial charge is 0.317 e. The zero-order valence-corrected chi connectivity index (χ0v) is 10.7. The standard InChI is InChI=1S/C11H22N2O4/c1-4-13(7-8-17-3)11(16)12-6-5-9(2)10(14)15/h9H,4-8H2,1-3H3,(H,12,16)(H,14,15). The minimum atomic E-state index is -0.842. The average molecular weight is 246 g/mol. The van der Waals surface area contributed by atoms with E-state index in [2.05, 4.69) is 5.32 Å². The summed E-state index contributed by atoms with van der Waals surface area (Å²) in [6, 6.07) is -0.179. The van der Waals surface area contributed by atoms with Gasteiger partial charge in [-0.1, -0.05) is 6.92 Å². The van der Waals surface area contributed by atoms with Crippen molar-refractivity contribution >= 4 is 12.0 Å². The summed E-state index contributed by atoms with van der Waals surface area (Å²) >= 11 is 0. The maximum atomic E-state index is 11.6. The Morgan fingerprint density at radius 3 is 2.59 bits per heavy atom. The van der Waals surface area contributed by atoms with Gasteiger partial charge in [-0.2, -0.15) is 0 Å². The Labute approximate surface area is 102 Å². The van der Waals surface area contributed by atoms with Crippen molar-refractivity contribution in [2.24, 2.45) is 5.92 Å². The summed E-state index contributed by atoms with van der Waals surface area (Å²) in [7, 11) is 1.58. The molecule has 0 aliphatic carbocycles. The number of likely N-dealkylation sites (N-methyl/N-ethyl adjacent to an activating group) is 1. The highest BCUT2D eigenvalue weighted by molar-refractivity contribution is 5.74. The number of methoxy groups -OCH3 is 1. The number of ether oxygens (including phenoxy) is 1. The number of urea groups is 1. The largest absolute Gasteiger partial charge is 0.481 e. The first kappa shape index (κ1) is 15.7. The third-order valence-electron chi connectivity index (χ3n) is 2.51. The molecule has 2 N–H and O–H groups in total. The number of hydrogen-bond acceptors (Lipinski definition) is 3. The zero-order valence-electron chi connectivity index (χ0n) is 10.7. The second-order valence-electron chi connectivity index (χ2n) is 3.83. The van der Waals surface area contributed by atoms with Crippen molar-refractivity contribution < 1.29 is 19.4 Å². The molecule has 0 saturated carbocycles. The predicted octanol–water partition coefficient (Wildman–Crippen LogP) is 0.775. The lowest BCUT2D eigenvalue weighted by Crippen LogP contribution is -2.42. The van der Waals surface area contributed by atoms with Crippen LogP contribution in [0.1, 0.15) is 20.3 Å². The van der Waals surface area contributed by atoms with Crippen molar-refractivity contribution in [1.29, 1.82) is 0 Å². The summed E-state index contributed by atoms with van der Waals surface area (Å²) in [5.74, 6) is -1.28. The van der Waals surface area contributed by atoms with Crippen molar-refractivity contribution in [3.63, 3.8) is 0 Å². The molecular weight excluding hydrogens is 224 g/mol. The van der Waals surface area contributed by atoms with Crippen LogP contribution in [0.3, 0.4) is 0 Å². The molecule has 1 unspecified atom stereocenters. The molecule has 0 aromatic rings. The number of rotatable bonds is 8. The number of carbonyl (C=O) groups is 2. The third kappa shape index (κ3) is 6.78. The van der Waals surface area contributed by atoms with Crippen LogP contribution in [0.4, 0.5) is 4.79 Å². The van der Waals surface area contributed by atoms with Crippen molar-refractivity contribution in [2.75, 3.05) is 33.4 Å². The van der Waals surface area contributed by atoms with Crippen LogP contribution in [0, 0.1) is 5.92 Å². The molecule has 0 aromatic heterocycles. The summed E-state index contributed by atoms with van der Waals surface area (Å²) < 4.78 is 4.90. The van der Waals surface area contributed by atoms with Crippen LogP contribution >= 0.6 is 0 Å². The normalized spacial score (nSPS) is 11.9. The molecule has 0 spiro atoms. The van der Waals surface area contributed by atoms with E-state index in [0.717, 1.165) is 0 Å². The lowest BCUT2D eigenvalue weighted by molar-refractivity contribution is -0.141. The van der Waals surface area contributed by atoms with Gasteiger partial charge in [0.1, 0.15) is 0 Å². The summed E-state index contributed by atoms with van der Waals surface area (Å²) in [6.07, 6.45) is 0.433. The van der Waals surface area contributed by atoms with Crippen molar-refractivity contribution in [3.05, 3.63) is 0 Å². The first-order valence-electron chi connectivity index (χ1n) is 5.77. The van der Waals surface area contributed by atoms with E-state index in [4.69, 9.17) is 9.84 Å². The molecule has 6 heteroatoms. The van der Waals surface area contributed by atoms with Gasteiger partial charge in [-0.15, -0.1) is 0 Å². The summed E-state index contributed by atoms with van der Waals surface area (Å²) in [5.41, 5.74) is 0. The highest BCUT2D eigenvalue weighted by Crippen LogP contribution is 2.00. The number of hydrogen-bond donors (Lipinski definition) is 2. The third-order valence-corrected chi connectivity index (χ3v) is 2.51. The van der Waals surface area contributed by atoms with Gasteiger partial charge in [-0.05, 0) is 13.3 Å². The number of amides is 2. The van der Waals surface area contributed by atoms with E-state index in [9.17, 15) is 9.59 Å². The molecule has 0 saturated heterocycles. The van der Waals surface area contributed by atoms with Gasteiger partial charge in [-0.25, -0.2) is 4.79 Å². The average Bonchev–Trinajstić information content (AvgIpc) is 2.29. The molecule has 2 amide bonds. The Bertz CT molecular complexity index is 246. The van der Waals surface area contributed by atoms with Crippen LogP contribution in [0.25, 0.3) is 0 Å². The molecule has 0 aliphatic heterocycles. The van der Waals surface area contributed by atoms with E-state index in [0.29, 0.717) is 32.7 Å². The maximum absolute atomic E-state index is 11.6. The monoisotopic (exact) mass is 246 g/mol. The Balaban J connectivity index is 3.86. The van der Waals surface area contributed by atoms with Crippen LogP contribution in [0.2, 0.25) is 0 Å². The van der Waals surface area contributed by atoms with E-state index in [-0.39, 0.29) is 6.03 Å². The zero-order chi connectivity index (χ0) is 13.3. The van der Waals surface area contributed by atoms with Gasteiger partial charge >= 0.3 is 12.0 Å². The van der Waals surface area contributed by atoms with Crippen molar-refractivity contribution in [3.8, 4) is 0 Å². The minimum Gasteiger partial charge on any atom is -0.481 e. The molecular formula is C11H22N2O4. The number of aliphatic carboxylic acids is 1. The highest BCUT2D eigenvalue weighted by Gasteiger charge is 2.13. The molecule has 0 rings (SSSR count). The van der Waals surface area contributed by atoms with Gasteiger partial charge in [0.15, 0.2) is 0 Å². The number of carboxylic acid groups (broad SMARTS) is 1. The summed E-state index contributed by atoms with van der Waals surface area (Å²) in [6.45, 7) is 5.51. The van der Waals surface area contributed by atoms with Gasteiger partial charge in [0.25, 0.3) is 0 Å². The fraction of sp³-hybridized carbons (Fsp3) is 0.818. The molecule has 17 heavy (non-hydrogen) atoms. The topological polar surface area (TPSA) is 78.9 Å². The maximum Gasteiger partial charge on any atom is 0.317 e. The van der Waals surface area contributed by atoms with Crippen LogP contribution in [-0.2, 0) is 9.53 Å². The second kappa shape index (κ2) is 8.81. The van der Waals surface area contributed by atoms with E-state index in [1.807, 2.05) is 6.92 Å². The quantitative estimate of drug-likeness (QED) is 0.663. The van der Waals surface area contributed by atoms with Crippen LogP contribution in [-0.4, -0.2) is 55.4 Å². The lowest BCUT2D eigenvalue weighted by Gasteiger charge is -2.21. The summed E-state index contributed by atoms with van der Waals surface area (Å²) in [4.78, 5) is 23.8. The van der Waals surface area contributed by atoms with Gasteiger partial charge < -0.3 is 20.1 Å². The minimum absolute atomic E-state index is 0.179. The first-order valence-corrected chi connectivity index (χ1v) is 5.77. The lowest BCUT2D eigenvalue weighted by atomic mass is 10.1. The van der Waals surface area contributed by atoms with Crippen molar-refractivity contribution in [1.82, 2.24) is 10.2 Å².